The van der Waals surface area contributed by atoms with E-state index in [0.29, 0.717) is 6.54 Å². The molecule has 2 rings (SSSR count). The molecule has 1 aliphatic rings. The maximum absolute atomic E-state index is 14.0. The largest absolute Gasteiger partial charge is 0.313 e. The molecule has 0 bridgehead atoms. The van der Waals surface area contributed by atoms with Gasteiger partial charge in [-0.05, 0) is 25.1 Å². The second-order valence-electron chi connectivity index (χ2n) is 3.52. The van der Waals surface area contributed by atoms with Gasteiger partial charge in [-0.2, -0.15) is 0 Å². The Kier molecular flexibility index (Phi) is 2.23. The van der Waals surface area contributed by atoms with Crippen LogP contribution in [0, 0.1) is 11.6 Å². The fourth-order valence-electron chi connectivity index (χ4n) is 1.74. The van der Waals surface area contributed by atoms with Gasteiger partial charge in [0.05, 0.1) is 0 Å². The topological polar surface area (TPSA) is 12.0 Å². The fourth-order valence-corrected chi connectivity index (χ4v) is 1.74. The third-order valence-electron chi connectivity index (χ3n) is 2.52. The van der Waals surface area contributed by atoms with Crippen molar-refractivity contribution in [3.05, 3.63) is 35.4 Å². The van der Waals surface area contributed by atoms with Crippen LogP contribution in [0.5, 0.6) is 0 Å². The number of rotatable bonds is 1. The Bertz CT molecular complexity index is 345. The van der Waals surface area contributed by atoms with E-state index < -0.39 is 17.3 Å². The van der Waals surface area contributed by atoms with Crippen molar-refractivity contribution >= 4 is 0 Å². The Morgan fingerprint density at radius 1 is 1.29 bits per heavy atom. The van der Waals surface area contributed by atoms with Crippen LogP contribution in [-0.4, -0.2) is 13.1 Å². The molecule has 1 N–H and O–H groups in total. The average Bonchev–Trinajstić information content (AvgIpc) is 2.52. The Balaban J connectivity index is 2.40. The van der Waals surface area contributed by atoms with Gasteiger partial charge in [0.15, 0.2) is 5.67 Å². The summed E-state index contributed by atoms with van der Waals surface area (Å²) in [5.41, 5.74) is -1.73. The molecule has 0 amide bonds. The lowest BCUT2D eigenvalue weighted by Crippen LogP contribution is -2.24. The summed E-state index contributed by atoms with van der Waals surface area (Å²) in [5, 5.41) is 2.82. The number of benzene rings is 1. The van der Waals surface area contributed by atoms with Crippen LogP contribution in [0.1, 0.15) is 12.0 Å². The molecule has 0 aliphatic carbocycles. The number of nitrogens with one attached hydrogen (secondary N) is 1. The molecule has 0 radical (unpaired) electrons. The van der Waals surface area contributed by atoms with Gasteiger partial charge in [0.2, 0.25) is 0 Å². The van der Waals surface area contributed by atoms with E-state index in [2.05, 4.69) is 5.32 Å². The standard InChI is InChI=1S/C10H10F3N/c11-7-1-2-8(9(12)5-7)10(13)3-4-14-6-10/h1-2,5,14H,3-4,6H2. The zero-order valence-electron chi connectivity index (χ0n) is 7.49. The summed E-state index contributed by atoms with van der Waals surface area (Å²) in [6.07, 6.45) is 0.232. The maximum Gasteiger partial charge on any atom is 0.152 e. The van der Waals surface area contributed by atoms with E-state index in [1.54, 1.807) is 0 Å². The zero-order chi connectivity index (χ0) is 10.2. The van der Waals surface area contributed by atoms with E-state index >= 15 is 0 Å². The molecule has 0 spiro atoms. The fraction of sp³-hybridized carbons (Fsp3) is 0.400. The quantitative estimate of drug-likeness (QED) is 0.733. The minimum atomic E-state index is -1.68. The monoisotopic (exact) mass is 201 g/mol. The third kappa shape index (κ3) is 1.50. The average molecular weight is 201 g/mol. The molecule has 1 saturated heterocycles. The normalized spacial score (nSPS) is 26.8. The first kappa shape index (κ1) is 9.52. The van der Waals surface area contributed by atoms with Crippen molar-refractivity contribution in [1.82, 2.24) is 5.32 Å². The molecule has 0 saturated carbocycles. The molecular formula is C10H10F3N. The van der Waals surface area contributed by atoms with Crippen LogP contribution in [0.3, 0.4) is 0 Å². The van der Waals surface area contributed by atoms with Crippen molar-refractivity contribution < 1.29 is 13.2 Å². The Hall–Kier alpha value is -1.03. The Morgan fingerprint density at radius 3 is 2.64 bits per heavy atom. The molecule has 14 heavy (non-hydrogen) atoms. The van der Waals surface area contributed by atoms with E-state index in [4.69, 9.17) is 0 Å². The zero-order valence-corrected chi connectivity index (χ0v) is 7.49. The smallest absolute Gasteiger partial charge is 0.152 e. The molecular weight excluding hydrogens is 191 g/mol. The van der Waals surface area contributed by atoms with Crippen LogP contribution in [0.4, 0.5) is 13.2 Å². The first-order valence-corrected chi connectivity index (χ1v) is 4.47. The van der Waals surface area contributed by atoms with E-state index in [0.717, 1.165) is 12.1 Å². The van der Waals surface area contributed by atoms with Gasteiger partial charge >= 0.3 is 0 Å². The van der Waals surface area contributed by atoms with Gasteiger partial charge in [0.1, 0.15) is 11.6 Å². The number of hydrogen-bond acceptors (Lipinski definition) is 1. The molecule has 1 aromatic carbocycles. The SMILES string of the molecule is Fc1ccc(C2(F)CCNC2)c(F)c1. The van der Waals surface area contributed by atoms with Crippen molar-refractivity contribution in [2.75, 3.05) is 13.1 Å². The van der Waals surface area contributed by atoms with Gasteiger partial charge in [0, 0.05) is 18.2 Å². The van der Waals surface area contributed by atoms with Gasteiger partial charge in [0.25, 0.3) is 0 Å². The summed E-state index contributed by atoms with van der Waals surface area (Å²) in [6, 6.07) is 2.98. The molecule has 1 heterocycles. The highest BCUT2D eigenvalue weighted by molar-refractivity contribution is 5.26. The van der Waals surface area contributed by atoms with Gasteiger partial charge in [-0.15, -0.1) is 0 Å². The van der Waals surface area contributed by atoms with Crippen LogP contribution in [0.2, 0.25) is 0 Å². The Morgan fingerprint density at radius 2 is 2.07 bits per heavy atom. The molecule has 1 unspecified atom stereocenters. The number of hydrogen-bond donors (Lipinski definition) is 1. The van der Waals surface area contributed by atoms with Crippen molar-refractivity contribution in [3.8, 4) is 0 Å². The summed E-state index contributed by atoms with van der Waals surface area (Å²) >= 11 is 0. The lowest BCUT2D eigenvalue weighted by Gasteiger charge is -2.19. The molecule has 1 fully saturated rings. The minimum Gasteiger partial charge on any atom is -0.313 e. The lowest BCUT2D eigenvalue weighted by atomic mass is 9.94. The van der Waals surface area contributed by atoms with E-state index in [9.17, 15) is 13.2 Å². The Labute approximate surface area is 79.9 Å². The molecule has 1 atom stereocenters. The van der Waals surface area contributed by atoms with E-state index in [1.165, 1.54) is 6.07 Å². The summed E-state index contributed by atoms with van der Waals surface area (Å²) < 4.78 is 39.8. The first-order valence-electron chi connectivity index (χ1n) is 4.47. The van der Waals surface area contributed by atoms with Gasteiger partial charge in [-0.1, -0.05) is 0 Å². The van der Waals surface area contributed by atoms with E-state index in [1.807, 2.05) is 0 Å². The van der Waals surface area contributed by atoms with Crippen molar-refractivity contribution in [1.29, 1.82) is 0 Å². The molecule has 1 aliphatic heterocycles. The highest BCUT2D eigenvalue weighted by atomic mass is 19.2. The van der Waals surface area contributed by atoms with Crippen LogP contribution >= 0.6 is 0 Å². The second-order valence-corrected chi connectivity index (χ2v) is 3.52. The van der Waals surface area contributed by atoms with Crippen LogP contribution in [0.25, 0.3) is 0 Å². The molecule has 1 aromatic rings. The minimum absolute atomic E-state index is 0.0519. The van der Waals surface area contributed by atoms with Crippen molar-refractivity contribution in [2.24, 2.45) is 0 Å². The third-order valence-corrected chi connectivity index (χ3v) is 2.52. The van der Waals surface area contributed by atoms with Crippen LogP contribution in [0.15, 0.2) is 18.2 Å². The first-order chi connectivity index (χ1) is 6.62. The van der Waals surface area contributed by atoms with Gasteiger partial charge < -0.3 is 5.32 Å². The molecule has 1 nitrogen and oxygen atoms in total. The van der Waals surface area contributed by atoms with Gasteiger partial charge in [-0.3, -0.25) is 0 Å². The predicted molar refractivity (Wildman–Crippen MR) is 46.6 cm³/mol. The van der Waals surface area contributed by atoms with Gasteiger partial charge in [-0.25, -0.2) is 13.2 Å². The number of alkyl halides is 1. The highest BCUT2D eigenvalue weighted by Gasteiger charge is 2.37. The summed E-state index contributed by atoms with van der Waals surface area (Å²) in [5.74, 6) is -1.49. The second kappa shape index (κ2) is 3.28. The summed E-state index contributed by atoms with van der Waals surface area (Å²) in [7, 11) is 0. The van der Waals surface area contributed by atoms with Crippen LogP contribution in [-0.2, 0) is 5.67 Å². The highest BCUT2D eigenvalue weighted by Crippen LogP contribution is 2.33. The predicted octanol–water partition coefficient (Wildman–Crippen LogP) is 2.12. The van der Waals surface area contributed by atoms with Crippen molar-refractivity contribution in [3.63, 3.8) is 0 Å². The van der Waals surface area contributed by atoms with Crippen LogP contribution < -0.4 is 5.32 Å². The van der Waals surface area contributed by atoms with E-state index in [-0.39, 0.29) is 18.5 Å². The molecule has 76 valence electrons. The molecule has 4 heteroatoms. The number of halogens is 3. The lowest BCUT2D eigenvalue weighted by molar-refractivity contribution is 0.186. The summed E-state index contributed by atoms with van der Waals surface area (Å²) in [4.78, 5) is 0. The van der Waals surface area contributed by atoms with Crippen molar-refractivity contribution in [2.45, 2.75) is 12.1 Å². The molecule has 0 aromatic heterocycles. The maximum atomic E-state index is 14.0. The summed E-state index contributed by atoms with van der Waals surface area (Å²) in [6.45, 7) is 0.614.